The number of thiazole rings is 1. The van der Waals surface area contributed by atoms with E-state index in [9.17, 15) is 4.79 Å². The van der Waals surface area contributed by atoms with Crippen LogP contribution in [0.5, 0.6) is 0 Å². The van der Waals surface area contributed by atoms with E-state index in [4.69, 9.17) is 10.5 Å². The number of carbonyl (C=O) groups excluding carboxylic acids is 1. The van der Waals surface area contributed by atoms with Crippen LogP contribution in [0.2, 0.25) is 0 Å². The fourth-order valence-corrected chi connectivity index (χ4v) is 3.01. The average Bonchev–Trinajstić information content (AvgIpc) is 2.77. The molecule has 0 unspecified atom stereocenters. The molecule has 0 radical (unpaired) electrons. The third-order valence-corrected chi connectivity index (χ3v) is 4.15. The number of esters is 1. The van der Waals surface area contributed by atoms with Crippen molar-refractivity contribution in [2.75, 3.05) is 25.9 Å². The van der Waals surface area contributed by atoms with E-state index in [1.807, 2.05) is 6.20 Å². The van der Waals surface area contributed by atoms with Gasteiger partial charge in [-0.05, 0) is 31.8 Å². The van der Waals surface area contributed by atoms with Crippen molar-refractivity contribution >= 4 is 22.4 Å². The normalized spacial score (nSPS) is 17.8. The lowest BCUT2D eigenvalue weighted by Crippen LogP contribution is -2.33. The monoisotopic (exact) mass is 269 g/mol. The van der Waals surface area contributed by atoms with Gasteiger partial charge in [0.15, 0.2) is 5.13 Å². The highest BCUT2D eigenvalue weighted by molar-refractivity contribution is 7.15. The SMILES string of the molecule is COC(=O)CC1CCN(Cc2cnc(N)s2)CC1. The summed E-state index contributed by atoms with van der Waals surface area (Å²) in [6, 6.07) is 0. The number of nitrogens with two attached hydrogens (primary N) is 1. The maximum atomic E-state index is 11.2. The Morgan fingerprint density at radius 3 is 2.89 bits per heavy atom. The topological polar surface area (TPSA) is 68.5 Å². The molecule has 2 heterocycles. The molecule has 6 heteroatoms. The molecule has 1 fully saturated rings. The molecule has 1 saturated heterocycles. The second-order valence-corrected chi connectivity index (χ2v) is 5.81. The van der Waals surface area contributed by atoms with Gasteiger partial charge < -0.3 is 10.5 Å². The third kappa shape index (κ3) is 3.68. The summed E-state index contributed by atoms with van der Waals surface area (Å²) in [7, 11) is 1.45. The number of hydrogen-bond acceptors (Lipinski definition) is 6. The summed E-state index contributed by atoms with van der Waals surface area (Å²) in [5, 5.41) is 0.630. The zero-order valence-electron chi connectivity index (χ0n) is 10.6. The summed E-state index contributed by atoms with van der Waals surface area (Å²) in [4.78, 5) is 18.9. The predicted octanol–water partition coefficient (Wildman–Crippen LogP) is 1.50. The van der Waals surface area contributed by atoms with Crippen molar-refractivity contribution in [3.8, 4) is 0 Å². The van der Waals surface area contributed by atoms with E-state index >= 15 is 0 Å². The van der Waals surface area contributed by atoms with Crippen LogP contribution in [0, 0.1) is 5.92 Å². The Morgan fingerprint density at radius 1 is 1.61 bits per heavy atom. The first-order valence-corrected chi connectivity index (χ1v) is 6.98. The lowest BCUT2D eigenvalue weighted by atomic mass is 9.93. The molecule has 100 valence electrons. The summed E-state index contributed by atoms with van der Waals surface area (Å²) in [6.45, 7) is 2.97. The van der Waals surface area contributed by atoms with Gasteiger partial charge in [0.05, 0.1) is 7.11 Å². The van der Waals surface area contributed by atoms with Crippen LogP contribution >= 0.6 is 11.3 Å². The van der Waals surface area contributed by atoms with Gasteiger partial charge in [0.25, 0.3) is 0 Å². The minimum atomic E-state index is -0.0938. The Balaban J connectivity index is 1.75. The number of piperidine rings is 1. The van der Waals surface area contributed by atoms with Gasteiger partial charge in [-0.2, -0.15) is 0 Å². The van der Waals surface area contributed by atoms with Crippen LogP contribution in [0.3, 0.4) is 0 Å². The fraction of sp³-hybridized carbons (Fsp3) is 0.667. The third-order valence-electron chi connectivity index (χ3n) is 3.34. The maximum absolute atomic E-state index is 11.2. The van der Waals surface area contributed by atoms with E-state index in [1.165, 1.54) is 12.0 Å². The Kier molecular flexibility index (Phi) is 4.54. The lowest BCUT2D eigenvalue weighted by Gasteiger charge is -2.30. The van der Waals surface area contributed by atoms with Crippen LogP contribution in [0.4, 0.5) is 5.13 Å². The number of nitrogen functional groups attached to an aromatic ring is 1. The molecule has 0 saturated carbocycles. The fourth-order valence-electron chi connectivity index (χ4n) is 2.28. The van der Waals surface area contributed by atoms with Crippen LogP contribution in [-0.4, -0.2) is 36.1 Å². The van der Waals surface area contributed by atoms with Crippen molar-refractivity contribution in [3.05, 3.63) is 11.1 Å². The summed E-state index contributed by atoms with van der Waals surface area (Å²) in [5.74, 6) is 0.379. The van der Waals surface area contributed by atoms with E-state index in [2.05, 4.69) is 9.88 Å². The van der Waals surface area contributed by atoms with Crippen molar-refractivity contribution in [1.82, 2.24) is 9.88 Å². The molecule has 1 aromatic heterocycles. The Hall–Kier alpha value is -1.14. The molecule has 0 atom stereocenters. The van der Waals surface area contributed by atoms with Crippen LogP contribution in [0.25, 0.3) is 0 Å². The van der Waals surface area contributed by atoms with Gasteiger partial charge in [-0.15, -0.1) is 11.3 Å². The zero-order chi connectivity index (χ0) is 13.0. The molecule has 2 N–H and O–H groups in total. The molecular formula is C12H19N3O2S. The largest absolute Gasteiger partial charge is 0.469 e. The van der Waals surface area contributed by atoms with Crippen molar-refractivity contribution in [1.29, 1.82) is 0 Å². The van der Waals surface area contributed by atoms with Gasteiger partial charge in [0.1, 0.15) is 0 Å². The van der Waals surface area contributed by atoms with Crippen LogP contribution < -0.4 is 5.73 Å². The first-order valence-electron chi connectivity index (χ1n) is 6.16. The van der Waals surface area contributed by atoms with E-state index < -0.39 is 0 Å². The van der Waals surface area contributed by atoms with E-state index in [0.717, 1.165) is 32.5 Å². The van der Waals surface area contributed by atoms with E-state index in [-0.39, 0.29) is 5.97 Å². The number of rotatable bonds is 4. The van der Waals surface area contributed by atoms with Gasteiger partial charge in [-0.3, -0.25) is 9.69 Å². The van der Waals surface area contributed by atoms with Crippen LogP contribution in [-0.2, 0) is 16.1 Å². The molecule has 1 aliphatic heterocycles. The summed E-state index contributed by atoms with van der Waals surface area (Å²) in [6.07, 6.45) is 4.52. The summed E-state index contributed by atoms with van der Waals surface area (Å²) in [5.41, 5.74) is 5.61. The lowest BCUT2D eigenvalue weighted by molar-refractivity contribution is -0.142. The molecule has 0 spiro atoms. The molecule has 0 aromatic carbocycles. The number of nitrogens with zero attached hydrogens (tertiary/aromatic N) is 2. The minimum Gasteiger partial charge on any atom is -0.469 e. The molecular weight excluding hydrogens is 250 g/mol. The van der Waals surface area contributed by atoms with Gasteiger partial charge in [0, 0.05) is 24.0 Å². The molecule has 2 rings (SSSR count). The van der Waals surface area contributed by atoms with E-state index in [0.29, 0.717) is 17.5 Å². The smallest absolute Gasteiger partial charge is 0.305 e. The Bertz CT molecular complexity index is 400. The van der Waals surface area contributed by atoms with Gasteiger partial charge >= 0.3 is 5.97 Å². The molecule has 1 aliphatic rings. The van der Waals surface area contributed by atoms with Crippen LogP contribution in [0.15, 0.2) is 6.20 Å². The average molecular weight is 269 g/mol. The van der Waals surface area contributed by atoms with Crippen molar-refractivity contribution < 1.29 is 9.53 Å². The van der Waals surface area contributed by atoms with Gasteiger partial charge in [0.2, 0.25) is 0 Å². The predicted molar refractivity (Wildman–Crippen MR) is 71.2 cm³/mol. The number of aromatic nitrogens is 1. The van der Waals surface area contributed by atoms with Gasteiger partial charge in [-0.25, -0.2) is 4.98 Å². The molecule has 1 aromatic rings. The maximum Gasteiger partial charge on any atom is 0.305 e. The van der Waals surface area contributed by atoms with Crippen molar-refractivity contribution in [3.63, 3.8) is 0 Å². The number of methoxy groups -OCH3 is 1. The number of anilines is 1. The molecule has 0 bridgehead atoms. The number of hydrogen-bond donors (Lipinski definition) is 1. The zero-order valence-corrected chi connectivity index (χ0v) is 11.4. The first-order chi connectivity index (χ1) is 8.67. The first kappa shape index (κ1) is 13.3. The van der Waals surface area contributed by atoms with Crippen molar-refractivity contribution in [2.45, 2.75) is 25.8 Å². The number of likely N-dealkylation sites (tertiary alicyclic amines) is 1. The molecule has 5 nitrogen and oxygen atoms in total. The second kappa shape index (κ2) is 6.15. The summed E-state index contributed by atoms with van der Waals surface area (Å²) < 4.78 is 4.71. The van der Waals surface area contributed by atoms with E-state index in [1.54, 1.807) is 11.3 Å². The van der Waals surface area contributed by atoms with Gasteiger partial charge in [-0.1, -0.05) is 0 Å². The Labute approximate surface area is 111 Å². The number of ether oxygens (including phenoxy) is 1. The molecule has 18 heavy (non-hydrogen) atoms. The number of carbonyl (C=O) groups is 1. The highest BCUT2D eigenvalue weighted by Crippen LogP contribution is 2.24. The second-order valence-electron chi connectivity index (χ2n) is 4.66. The highest BCUT2D eigenvalue weighted by Gasteiger charge is 2.22. The van der Waals surface area contributed by atoms with Crippen LogP contribution in [0.1, 0.15) is 24.1 Å². The summed E-state index contributed by atoms with van der Waals surface area (Å²) >= 11 is 1.55. The Morgan fingerprint density at radius 2 is 2.33 bits per heavy atom. The molecule has 0 amide bonds. The van der Waals surface area contributed by atoms with Crippen molar-refractivity contribution in [2.24, 2.45) is 5.92 Å². The minimum absolute atomic E-state index is 0.0938. The molecule has 0 aliphatic carbocycles. The standard InChI is InChI=1S/C12H19N3O2S/c1-17-11(16)6-9-2-4-15(5-3-9)8-10-7-14-12(13)18-10/h7,9H,2-6,8H2,1H3,(H2,13,14). The highest BCUT2D eigenvalue weighted by atomic mass is 32.1. The quantitative estimate of drug-likeness (QED) is 0.839.